The lowest BCUT2D eigenvalue weighted by atomic mass is 10.2. The molecule has 0 amide bonds. The molecule has 2 heterocycles. The number of nitro benzene ring substituents is 1. The summed E-state index contributed by atoms with van der Waals surface area (Å²) in [5.41, 5.74) is 0.881. The molecular weight excluding hydrogens is 286 g/mol. The summed E-state index contributed by atoms with van der Waals surface area (Å²) in [7, 11) is 0. The van der Waals surface area contributed by atoms with Gasteiger partial charge in [-0.1, -0.05) is 12.1 Å². The molecular formula is C14H9N5O3. The van der Waals surface area contributed by atoms with Crippen LogP contribution in [0.1, 0.15) is 11.3 Å². The van der Waals surface area contributed by atoms with Gasteiger partial charge in [-0.05, 0) is 6.92 Å². The van der Waals surface area contributed by atoms with E-state index >= 15 is 0 Å². The normalized spacial score (nSPS) is 10.5. The lowest BCUT2D eigenvalue weighted by Crippen LogP contribution is -2.11. The van der Waals surface area contributed by atoms with Crippen LogP contribution in [0, 0.1) is 28.4 Å². The quantitative estimate of drug-likeness (QED) is 0.571. The minimum Gasteiger partial charge on any atom is -0.288 e. The highest BCUT2D eigenvalue weighted by Gasteiger charge is 2.14. The van der Waals surface area contributed by atoms with E-state index in [-0.39, 0.29) is 11.3 Å². The van der Waals surface area contributed by atoms with Crippen LogP contribution in [0.15, 0.2) is 35.1 Å². The monoisotopic (exact) mass is 295 g/mol. The van der Waals surface area contributed by atoms with E-state index in [1.165, 1.54) is 22.7 Å². The number of aromatic amines is 1. The summed E-state index contributed by atoms with van der Waals surface area (Å²) in [6, 6.07) is 9.10. The van der Waals surface area contributed by atoms with E-state index in [4.69, 9.17) is 5.26 Å². The number of aryl methyl sites for hydroxylation is 1. The van der Waals surface area contributed by atoms with Gasteiger partial charge in [0.1, 0.15) is 11.6 Å². The number of aromatic nitrogens is 3. The van der Waals surface area contributed by atoms with E-state index in [2.05, 4.69) is 10.1 Å². The highest BCUT2D eigenvalue weighted by molar-refractivity contribution is 5.62. The van der Waals surface area contributed by atoms with Gasteiger partial charge in [-0.15, -0.1) is 0 Å². The number of rotatable bonds is 2. The van der Waals surface area contributed by atoms with Gasteiger partial charge >= 0.3 is 0 Å². The van der Waals surface area contributed by atoms with Gasteiger partial charge in [0.25, 0.3) is 5.69 Å². The number of fused-ring (bicyclic) bond motifs is 1. The number of non-ortho nitro benzene ring substituents is 1. The molecule has 0 bridgehead atoms. The second kappa shape index (κ2) is 4.82. The van der Waals surface area contributed by atoms with Crippen LogP contribution in [-0.2, 0) is 0 Å². The first-order chi connectivity index (χ1) is 10.5. The van der Waals surface area contributed by atoms with Crippen molar-refractivity contribution in [1.29, 1.82) is 5.26 Å². The van der Waals surface area contributed by atoms with Gasteiger partial charge in [0.15, 0.2) is 11.5 Å². The number of pyridine rings is 1. The Labute approximate surface area is 123 Å². The highest BCUT2D eigenvalue weighted by Crippen LogP contribution is 2.22. The van der Waals surface area contributed by atoms with E-state index in [0.29, 0.717) is 22.7 Å². The molecule has 8 heteroatoms. The Balaban J connectivity index is 2.24. The number of hydrogen-bond acceptors (Lipinski definition) is 5. The summed E-state index contributed by atoms with van der Waals surface area (Å²) in [4.78, 5) is 26.4. The first-order valence-corrected chi connectivity index (χ1v) is 6.28. The smallest absolute Gasteiger partial charge is 0.270 e. The van der Waals surface area contributed by atoms with E-state index in [1.807, 2.05) is 6.07 Å². The molecule has 0 aliphatic heterocycles. The van der Waals surface area contributed by atoms with Gasteiger partial charge in [-0.2, -0.15) is 5.26 Å². The molecule has 0 unspecified atom stereocenters. The Kier molecular flexibility index (Phi) is 2.96. The molecule has 0 saturated heterocycles. The number of H-pyrrole nitrogens is 1. The Bertz CT molecular complexity index is 1010. The van der Waals surface area contributed by atoms with Crippen LogP contribution in [0.25, 0.3) is 17.0 Å². The van der Waals surface area contributed by atoms with Crippen molar-refractivity contribution in [3.8, 4) is 17.5 Å². The van der Waals surface area contributed by atoms with Gasteiger partial charge < -0.3 is 0 Å². The van der Waals surface area contributed by atoms with Gasteiger partial charge in [0.2, 0.25) is 5.43 Å². The molecule has 3 aromatic rings. The number of hydrogen-bond donors (Lipinski definition) is 1. The maximum absolute atomic E-state index is 11.8. The Morgan fingerprint density at radius 3 is 2.86 bits per heavy atom. The molecule has 0 aliphatic rings. The number of nitrogens with zero attached hydrogens (tertiary/aromatic N) is 4. The third-order valence-corrected chi connectivity index (χ3v) is 3.32. The Morgan fingerprint density at radius 2 is 2.18 bits per heavy atom. The second-order valence-corrected chi connectivity index (χ2v) is 4.65. The number of nitrogens with one attached hydrogen (secondary N) is 1. The summed E-state index contributed by atoms with van der Waals surface area (Å²) in [5.74, 6) is 0.376. The van der Waals surface area contributed by atoms with Gasteiger partial charge in [-0.25, -0.2) is 9.50 Å². The molecule has 8 nitrogen and oxygen atoms in total. The number of benzene rings is 1. The molecule has 3 rings (SSSR count). The Morgan fingerprint density at radius 1 is 1.41 bits per heavy atom. The van der Waals surface area contributed by atoms with Crippen LogP contribution in [0.4, 0.5) is 5.69 Å². The van der Waals surface area contributed by atoms with Crippen LogP contribution in [-0.4, -0.2) is 19.5 Å². The highest BCUT2D eigenvalue weighted by atomic mass is 16.6. The average Bonchev–Trinajstić information content (AvgIpc) is 2.92. The molecule has 108 valence electrons. The fourth-order valence-corrected chi connectivity index (χ4v) is 2.22. The van der Waals surface area contributed by atoms with Gasteiger partial charge in [0.05, 0.1) is 10.6 Å². The molecule has 22 heavy (non-hydrogen) atoms. The third-order valence-electron chi connectivity index (χ3n) is 3.32. The maximum atomic E-state index is 11.8. The van der Waals surface area contributed by atoms with Gasteiger partial charge in [-0.3, -0.25) is 20.0 Å². The lowest BCUT2D eigenvalue weighted by molar-refractivity contribution is -0.384. The molecule has 0 radical (unpaired) electrons. The molecule has 0 fully saturated rings. The van der Waals surface area contributed by atoms with Crippen molar-refractivity contribution in [2.75, 3.05) is 0 Å². The van der Waals surface area contributed by atoms with Crippen LogP contribution >= 0.6 is 0 Å². The van der Waals surface area contributed by atoms with Crippen LogP contribution in [0.5, 0.6) is 0 Å². The fraction of sp³-hybridized carbons (Fsp3) is 0.0714. The van der Waals surface area contributed by atoms with Crippen molar-refractivity contribution < 1.29 is 4.92 Å². The van der Waals surface area contributed by atoms with Crippen molar-refractivity contribution in [2.45, 2.75) is 6.92 Å². The number of nitriles is 1. The van der Waals surface area contributed by atoms with Crippen molar-refractivity contribution in [2.24, 2.45) is 0 Å². The zero-order chi connectivity index (χ0) is 15.9. The van der Waals surface area contributed by atoms with E-state index in [9.17, 15) is 14.9 Å². The molecule has 0 saturated carbocycles. The zero-order valence-corrected chi connectivity index (χ0v) is 11.4. The maximum Gasteiger partial charge on any atom is 0.270 e. The molecule has 0 atom stereocenters. The summed E-state index contributed by atoms with van der Waals surface area (Å²) >= 11 is 0. The Hall–Kier alpha value is -3.47. The first-order valence-electron chi connectivity index (χ1n) is 6.28. The minimum absolute atomic E-state index is 0.0340. The molecule has 1 aromatic carbocycles. The molecule has 2 aromatic heterocycles. The van der Waals surface area contributed by atoms with Crippen molar-refractivity contribution in [1.82, 2.24) is 14.6 Å². The summed E-state index contributed by atoms with van der Waals surface area (Å²) < 4.78 is 1.51. The first kappa shape index (κ1) is 13.5. The molecule has 0 spiro atoms. The predicted molar refractivity (Wildman–Crippen MR) is 77.4 cm³/mol. The van der Waals surface area contributed by atoms with Crippen LogP contribution < -0.4 is 5.43 Å². The average molecular weight is 295 g/mol. The zero-order valence-electron chi connectivity index (χ0n) is 11.4. The molecule has 1 N–H and O–H groups in total. The topological polar surface area (TPSA) is 117 Å². The summed E-state index contributed by atoms with van der Waals surface area (Å²) in [6.07, 6.45) is 0. The molecule has 0 aliphatic carbocycles. The van der Waals surface area contributed by atoms with Crippen molar-refractivity contribution >= 4 is 11.3 Å². The summed E-state index contributed by atoms with van der Waals surface area (Å²) in [6.45, 7) is 1.63. The summed E-state index contributed by atoms with van der Waals surface area (Å²) in [5, 5.41) is 22.8. The van der Waals surface area contributed by atoms with Crippen LogP contribution in [0.3, 0.4) is 0 Å². The number of nitro groups is 1. The predicted octanol–water partition coefficient (Wildman–Crippen LogP) is 1.78. The minimum atomic E-state index is -0.492. The van der Waals surface area contributed by atoms with Crippen LogP contribution in [0.2, 0.25) is 0 Å². The SMILES string of the molecule is Cc1c(C#N)c(=O)cc2nc(-c3cccc([N+](=O)[O-])c3)[nH]n12. The van der Waals surface area contributed by atoms with E-state index in [0.717, 1.165) is 0 Å². The lowest BCUT2D eigenvalue weighted by Gasteiger charge is -1.99. The second-order valence-electron chi connectivity index (χ2n) is 4.65. The fourth-order valence-electron chi connectivity index (χ4n) is 2.22. The van der Waals surface area contributed by atoms with E-state index < -0.39 is 10.4 Å². The van der Waals surface area contributed by atoms with Crippen molar-refractivity contribution in [3.63, 3.8) is 0 Å². The third kappa shape index (κ3) is 2.01. The standard InChI is InChI=1S/C14H9N5O3/c1-8-11(7-15)12(20)6-13-16-14(17-18(8)13)9-3-2-4-10(5-9)19(21)22/h2-6H,1H3,(H,16,17). The van der Waals surface area contributed by atoms with Gasteiger partial charge in [0, 0.05) is 23.8 Å². The van der Waals surface area contributed by atoms with Crippen molar-refractivity contribution in [3.05, 3.63) is 61.9 Å². The van der Waals surface area contributed by atoms with E-state index in [1.54, 1.807) is 19.1 Å². The largest absolute Gasteiger partial charge is 0.288 e.